The molecule has 0 rings (SSSR count). The zero-order valence-electron chi connectivity index (χ0n) is 12.6. The lowest BCUT2D eigenvalue weighted by molar-refractivity contribution is -0.139. The maximum absolute atomic E-state index is 10.1. The summed E-state index contributed by atoms with van der Waals surface area (Å²) in [4.78, 5) is 29.0. The second-order valence-corrected chi connectivity index (χ2v) is 4.37. The molecule has 0 heterocycles. The summed E-state index contributed by atoms with van der Waals surface area (Å²) in [6.45, 7) is 8.23. The van der Waals surface area contributed by atoms with Gasteiger partial charge in [0.25, 0.3) is 5.97 Å². The first-order chi connectivity index (χ1) is 8.95. The minimum Gasteiger partial charge on any atom is -0.481 e. The van der Waals surface area contributed by atoms with Crippen molar-refractivity contribution in [1.82, 2.24) is 0 Å². The summed E-state index contributed by atoms with van der Waals surface area (Å²) in [6.07, 6.45) is 2.11. The normalized spacial score (nSPS) is 11.4. The van der Waals surface area contributed by atoms with Gasteiger partial charge in [0.05, 0.1) is 0 Å². The average Bonchev–Trinajstić information content (AvgIpc) is 2.26. The first-order valence-electron chi connectivity index (χ1n) is 5.99. The van der Waals surface area contributed by atoms with Crippen LogP contribution in [0.1, 0.15) is 41.0 Å². The summed E-state index contributed by atoms with van der Waals surface area (Å²) in [6, 6.07) is -0.690. The van der Waals surface area contributed by atoms with Gasteiger partial charge in [0.1, 0.15) is 6.04 Å². The van der Waals surface area contributed by atoms with E-state index in [9.17, 15) is 9.59 Å². The second kappa shape index (κ2) is 13.5. The summed E-state index contributed by atoms with van der Waals surface area (Å²) < 4.78 is 0. The highest BCUT2D eigenvalue weighted by Gasteiger charge is 2.11. The molecule has 0 aromatic heterocycles. The standard InChI is InChI=1S/C6H13NO2.C5H8O2.C2H4O2/c1-4(2)3-5(7)6(8)9;1-3-4(2)5(6)7;1-2(3)4/h4-5H,3,7H2,1-2H3,(H,8,9);3H,1-2H3,(H,6,7);1H3,(H,3,4). The highest BCUT2D eigenvalue weighted by molar-refractivity contribution is 5.85. The maximum Gasteiger partial charge on any atom is 0.330 e. The Morgan fingerprint density at radius 2 is 1.45 bits per heavy atom. The smallest absolute Gasteiger partial charge is 0.330 e. The second-order valence-electron chi connectivity index (χ2n) is 4.37. The Labute approximate surface area is 119 Å². The van der Waals surface area contributed by atoms with Crippen LogP contribution in [0.5, 0.6) is 0 Å². The lowest BCUT2D eigenvalue weighted by Crippen LogP contribution is -2.31. The van der Waals surface area contributed by atoms with Gasteiger partial charge in [-0.3, -0.25) is 9.59 Å². The van der Waals surface area contributed by atoms with E-state index in [1.54, 1.807) is 19.9 Å². The fourth-order valence-corrected chi connectivity index (χ4v) is 0.732. The molecule has 0 radical (unpaired) electrons. The van der Waals surface area contributed by atoms with Crippen molar-refractivity contribution < 1.29 is 29.7 Å². The molecule has 7 heteroatoms. The van der Waals surface area contributed by atoms with Crippen LogP contribution in [-0.2, 0) is 14.4 Å². The van der Waals surface area contributed by atoms with Crippen molar-refractivity contribution in [2.75, 3.05) is 0 Å². The molecule has 0 saturated carbocycles. The minimum atomic E-state index is -0.913. The predicted octanol–water partition coefficient (Wildman–Crippen LogP) is 1.57. The maximum atomic E-state index is 10.1. The van der Waals surface area contributed by atoms with E-state index in [4.69, 9.17) is 25.8 Å². The molecule has 5 N–H and O–H groups in total. The molecule has 0 fully saturated rings. The molecule has 0 bridgehead atoms. The van der Waals surface area contributed by atoms with Crippen LogP contribution in [0.25, 0.3) is 0 Å². The third kappa shape index (κ3) is 25.1. The molecule has 0 spiro atoms. The zero-order chi connectivity index (χ0) is 16.9. The first-order valence-corrected chi connectivity index (χ1v) is 5.99. The van der Waals surface area contributed by atoms with Gasteiger partial charge in [-0.15, -0.1) is 0 Å². The molecule has 7 nitrogen and oxygen atoms in total. The fraction of sp³-hybridized carbons (Fsp3) is 0.615. The van der Waals surface area contributed by atoms with Crippen LogP contribution in [0.3, 0.4) is 0 Å². The SMILES string of the molecule is CC(=O)O.CC(C)CC(N)C(=O)O.CC=C(C)C(=O)O. The Balaban J connectivity index is -0.000000234. The summed E-state index contributed by atoms with van der Waals surface area (Å²) in [5.74, 6) is -2.23. The van der Waals surface area contributed by atoms with E-state index in [2.05, 4.69) is 0 Å². The Morgan fingerprint density at radius 1 is 1.10 bits per heavy atom. The van der Waals surface area contributed by atoms with Gasteiger partial charge < -0.3 is 21.1 Å². The predicted molar refractivity (Wildman–Crippen MR) is 75.4 cm³/mol. The molecule has 0 saturated heterocycles. The highest BCUT2D eigenvalue weighted by atomic mass is 16.4. The van der Waals surface area contributed by atoms with E-state index in [-0.39, 0.29) is 0 Å². The Kier molecular flexibility index (Phi) is 15.7. The van der Waals surface area contributed by atoms with Crippen molar-refractivity contribution in [3.8, 4) is 0 Å². The van der Waals surface area contributed by atoms with Crippen molar-refractivity contribution in [1.29, 1.82) is 0 Å². The molecule has 0 aliphatic carbocycles. The molecular formula is C13H25NO6. The van der Waals surface area contributed by atoms with Crippen LogP contribution < -0.4 is 5.73 Å². The number of carboxylic acid groups (broad SMARTS) is 3. The van der Waals surface area contributed by atoms with E-state index in [0.717, 1.165) is 6.92 Å². The lowest BCUT2D eigenvalue weighted by Gasteiger charge is -2.07. The molecule has 0 aliphatic heterocycles. The molecule has 0 aromatic rings. The van der Waals surface area contributed by atoms with Crippen LogP contribution in [0.4, 0.5) is 0 Å². The third-order valence-corrected chi connectivity index (χ3v) is 1.81. The summed E-state index contributed by atoms with van der Waals surface area (Å²) in [5.41, 5.74) is 5.61. The van der Waals surface area contributed by atoms with Gasteiger partial charge >= 0.3 is 11.9 Å². The van der Waals surface area contributed by atoms with Crippen molar-refractivity contribution in [2.45, 2.75) is 47.1 Å². The van der Waals surface area contributed by atoms with Crippen LogP contribution in [0.15, 0.2) is 11.6 Å². The number of hydrogen-bond acceptors (Lipinski definition) is 4. The average molecular weight is 291 g/mol. The third-order valence-electron chi connectivity index (χ3n) is 1.81. The summed E-state index contributed by atoms with van der Waals surface area (Å²) in [5, 5.41) is 23.8. The molecule has 1 unspecified atom stereocenters. The van der Waals surface area contributed by atoms with Crippen molar-refractivity contribution in [2.24, 2.45) is 11.7 Å². The molecule has 118 valence electrons. The van der Waals surface area contributed by atoms with Gasteiger partial charge in [0.2, 0.25) is 0 Å². The first kappa shape index (κ1) is 23.2. The van der Waals surface area contributed by atoms with E-state index in [1.807, 2.05) is 13.8 Å². The van der Waals surface area contributed by atoms with Crippen molar-refractivity contribution >= 4 is 17.9 Å². The van der Waals surface area contributed by atoms with E-state index in [1.165, 1.54) is 0 Å². The number of aliphatic carboxylic acids is 3. The zero-order valence-corrected chi connectivity index (χ0v) is 12.6. The number of carboxylic acids is 3. The molecular weight excluding hydrogens is 266 g/mol. The van der Waals surface area contributed by atoms with E-state index < -0.39 is 23.9 Å². The monoisotopic (exact) mass is 291 g/mol. The fourth-order valence-electron chi connectivity index (χ4n) is 0.732. The largest absolute Gasteiger partial charge is 0.481 e. The van der Waals surface area contributed by atoms with E-state index in [0.29, 0.717) is 17.9 Å². The number of nitrogens with two attached hydrogens (primary N) is 1. The molecule has 0 aromatic carbocycles. The Hall–Kier alpha value is -1.89. The van der Waals surface area contributed by atoms with Crippen LogP contribution in [-0.4, -0.2) is 39.3 Å². The van der Waals surface area contributed by atoms with Gasteiger partial charge in [-0.05, 0) is 26.2 Å². The number of hydrogen-bond donors (Lipinski definition) is 4. The molecule has 20 heavy (non-hydrogen) atoms. The number of allylic oxidation sites excluding steroid dienone is 1. The van der Waals surface area contributed by atoms with Crippen LogP contribution >= 0.6 is 0 Å². The summed E-state index contributed by atoms with van der Waals surface area (Å²) in [7, 11) is 0. The van der Waals surface area contributed by atoms with Crippen LogP contribution in [0, 0.1) is 5.92 Å². The van der Waals surface area contributed by atoms with Gasteiger partial charge in [-0.1, -0.05) is 19.9 Å². The van der Waals surface area contributed by atoms with E-state index >= 15 is 0 Å². The Morgan fingerprint density at radius 3 is 1.50 bits per heavy atom. The van der Waals surface area contributed by atoms with Gasteiger partial charge in [-0.2, -0.15) is 0 Å². The molecule has 0 aliphatic rings. The molecule has 0 amide bonds. The van der Waals surface area contributed by atoms with Crippen molar-refractivity contribution in [3.05, 3.63) is 11.6 Å². The van der Waals surface area contributed by atoms with Crippen molar-refractivity contribution in [3.63, 3.8) is 0 Å². The topological polar surface area (TPSA) is 138 Å². The Bertz CT molecular complexity index is 332. The van der Waals surface area contributed by atoms with Gasteiger partial charge in [-0.25, -0.2) is 4.79 Å². The highest BCUT2D eigenvalue weighted by Crippen LogP contribution is 2.01. The quantitative estimate of drug-likeness (QED) is 0.577. The van der Waals surface area contributed by atoms with Gasteiger partial charge in [0.15, 0.2) is 0 Å². The summed E-state index contributed by atoms with van der Waals surface area (Å²) >= 11 is 0. The van der Waals surface area contributed by atoms with Gasteiger partial charge in [0, 0.05) is 12.5 Å². The van der Waals surface area contributed by atoms with Crippen LogP contribution in [0.2, 0.25) is 0 Å². The minimum absolute atomic E-state index is 0.357. The molecule has 1 atom stereocenters. The number of carbonyl (C=O) groups is 3. The number of rotatable bonds is 4. The lowest BCUT2D eigenvalue weighted by atomic mass is 10.1.